The molecule has 0 radical (unpaired) electrons. The van der Waals surface area contributed by atoms with Crippen LogP contribution in [0.3, 0.4) is 0 Å². The summed E-state index contributed by atoms with van der Waals surface area (Å²) in [6.07, 6.45) is 20.2. The fraction of sp³-hybridized carbons (Fsp3) is 0.944. The topological polar surface area (TPSA) is 37.3 Å². The van der Waals surface area contributed by atoms with Crippen molar-refractivity contribution < 1.29 is 37.2 Å². The van der Waals surface area contributed by atoms with Crippen LogP contribution in [0.1, 0.15) is 110 Å². The van der Waals surface area contributed by atoms with Gasteiger partial charge in [-0.1, -0.05) is 96.8 Å². The van der Waals surface area contributed by atoms with Crippen LogP contribution in [0.2, 0.25) is 0 Å². The SMILES string of the molecule is CCCCCCCCCCCCCCCCCC(=O)O.[Cd]. The second-order valence-electron chi connectivity index (χ2n) is 6.09. The predicted molar refractivity (Wildman–Crippen MR) is 87.2 cm³/mol. The molecule has 3 heteroatoms. The minimum atomic E-state index is -0.653. The Balaban J connectivity index is 0. The van der Waals surface area contributed by atoms with Gasteiger partial charge in [-0.15, -0.1) is 0 Å². The summed E-state index contributed by atoms with van der Waals surface area (Å²) in [4.78, 5) is 10.3. The molecule has 0 aromatic rings. The molecule has 0 aliphatic rings. The van der Waals surface area contributed by atoms with Crippen molar-refractivity contribution in [2.45, 2.75) is 110 Å². The average Bonchev–Trinajstić information content (AvgIpc) is 2.43. The van der Waals surface area contributed by atoms with E-state index >= 15 is 0 Å². The normalized spacial score (nSPS) is 10.3. The number of carboxylic acid groups (broad SMARTS) is 1. The maximum Gasteiger partial charge on any atom is 0.303 e. The molecule has 0 atom stereocenters. The third kappa shape index (κ3) is 22.8. The molecule has 1 N–H and O–H groups in total. The largest absolute Gasteiger partial charge is 0.481 e. The third-order valence-corrected chi connectivity index (χ3v) is 3.99. The summed E-state index contributed by atoms with van der Waals surface area (Å²) < 4.78 is 0. The molecule has 0 aromatic heterocycles. The van der Waals surface area contributed by atoms with Crippen molar-refractivity contribution >= 4 is 5.97 Å². The molecule has 0 spiro atoms. The number of aliphatic carboxylic acids is 1. The molecule has 0 bridgehead atoms. The fourth-order valence-electron chi connectivity index (χ4n) is 2.65. The first-order valence-electron chi connectivity index (χ1n) is 8.99. The monoisotopic (exact) mass is 398 g/mol. The van der Waals surface area contributed by atoms with E-state index in [-0.39, 0.29) is 27.3 Å². The Morgan fingerprint density at radius 2 is 0.905 bits per heavy atom. The summed E-state index contributed by atoms with van der Waals surface area (Å²) in [7, 11) is 0. The minimum absolute atomic E-state index is 0. The molecule has 0 rings (SSSR count). The van der Waals surface area contributed by atoms with Crippen molar-refractivity contribution in [1.29, 1.82) is 0 Å². The molecule has 0 saturated carbocycles. The van der Waals surface area contributed by atoms with E-state index in [1.807, 2.05) is 0 Å². The standard InChI is InChI=1S/C18H36O2.Cd/c1-2-3-4-5-6-7-8-9-10-11-12-13-14-15-16-17-18(19)20;/h2-17H2,1H3,(H,19,20);. The smallest absolute Gasteiger partial charge is 0.303 e. The summed E-state index contributed by atoms with van der Waals surface area (Å²) in [5.41, 5.74) is 0. The van der Waals surface area contributed by atoms with E-state index in [9.17, 15) is 4.79 Å². The Morgan fingerprint density at radius 3 is 1.19 bits per heavy atom. The van der Waals surface area contributed by atoms with Crippen LogP contribution in [-0.2, 0) is 32.1 Å². The number of carboxylic acids is 1. The zero-order chi connectivity index (χ0) is 14.9. The van der Waals surface area contributed by atoms with Gasteiger partial charge >= 0.3 is 5.97 Å². The molecule has 0 saturated heterocycles. The zero-order valence-corrected chi connectivity index (χ0v) is 18.4. The van der Waals surface area contributed by atoms with Gasteiger partial charge in [0.05, 0.1) is 0 Å². The van der Waals surface area contributed by atoms with Gasteiger partial charge in [0.1, 0.15) is 0 Å². The average molecular weight is 397 g/mol. The summed E-state index contributed by atoms with van der Waals surface area (Å²) in [5.74, 6) is -0.653. The zero-order valence-electron chi connectivity index (χ0n) is 14.4. The van der Waals surface area contributed by atoms with Crippen LogP contribution in [0.5, 0.6) is 0 Å². The number of carbonyl (C=O) groups is 1. The van der Waals surface area contributed by atoms with Gasteiger partial charge in [0.15, 0.2) is 0 Å². The van der Waals surface area contributed by atoms with Crippen molar-refractivity contribution in [3.63, 3.8) is 0 Å². The van der Waals surface area contributed by atoms with Crippen LogP contribution < -0.4 is 0 Å². The van der Waals surface area contributed by atoms with Crippen LogP contribution in [0.15, 0.2) is 0 Å². The van der Waals surface area contributed by atoms with Crippen molar-refractivity contribution in [3.05, 3.63) is 0 Å². The van der Waals surface area contributed by atoms with Crippen LogP contribution in [0, 0.1) is 0 Å². The molecule has 0 fully saturated rings. The number of hydrogen-bond acceptors (Lipinski definition) is 1. The first-order valence-corrected chi connectivity index (χ1v) is 8.99. The van der Waals surface area contributed by atoms with E-state index in [1.54, 1.807) is 0 Å². The van der Waals surface area contributed by atoms with Gasteiger partial charge in [-0.05, 0) is 6.42 Å². The van der Waals surface area contributed by atoms with Gasteiger partial charge < -0.3 is 5.11 Å². The fourth-order valence-corrected chi connectivity index (χ4v) is 2.65. The second kappa shape index (κ2) is 20.4. The van der Waals surface area contributed by atoms with Gasteiger partial charge in [0, 0.05) is 33.7 Å². The van der Waals surface area contributed by atoms with Crippen molar-refractivity contribution in [1.82, 2.24) is 0 Å². The maximum absolute atomic E-state index is 10.3. The van der Waals surface area contributed by atoms with Gasteiger partial charge in [0.25, 0.3) is 0 Å². The summed E-state index contributed by atoms with van der Waals surface area (Å²) in [6, 6.07) is 0. The van der Waals surface area contributed by atoms with Crippen molar-refractivity contribution in [2.75, 3.05) is 0 Å². The Bertz CT molecular complexity index is 207. The molecule has 0 amide bonds. The molecule has 0 unspecified atom stereocenters. The van der Waals surface area contributed by atoms with Gasteiger partial charge in [-0.3, -0.25) is 4.79 Å². The summed E-state index contributed by atoms with van der Waals surface area (Å²) in [5, 5.41) is 8.52. The first-order chi connectivity index (χ1) is 9.77. The number of rotatable bonds is 16. The van der Waals surface area contributed by atoms with Crippen LogP contribution >= 0.6 is 0 Å². The molecule has 0 heterocycles. The molecule has 2 nitrogen and oxygen atoms in total. The quantitative estimate of drug-likeness (QED) is 0.244. The van der Waals surface area contributed by atoms with E-state index in [0.717, 1.165) is 12.8 Å². The van der Waals surface area contributed by atoms with E-state index in [0.29, 0.717) is 6.42 Å². The maximum atomic E-state index is 10.3. The van der Waals surface area contributed by atoms with Crippen molar-refractivity contribution in [3.8, 4) is 0 Å². The molecule has 0 aliphatic carbocycles. The number of hydrogen-bond donors (Lipinski definition) is 1. The van der Waals surface area contributed by atoms with E-state index < -0.39 is 5.97 Å². The van der Waals surface area contributed by atoms with Gasteiger partial charge in [0.2, 0.25) is 0 Å². The Kier molecular flexibility index (Phi) is 23.0. The molecular weight excluding hydrogens is 361 g/mol. The summed E-state index contributed by atoms with van der Waals surface area (Å²) in [6.45, 7) is 2.27. The van der Waals surface area contributed by atoms with E-state index in [4.69, 9.17) is 5.11 Å². The van der Waals surface area contributed by atoms with Crippen LogP contribution in [-0.4, -0.2) is 11.1 Å². The summed E-state index contributed by atoms with van der Waals surface area (Å²) >= 11 is 0. The Morgan fingerprint density at radius 1 is 0.619 bits per heavy atom. The third-order valence-electron chi connectivity index (χ3n) is 3.99. The molecule has 122 valence electrons. The van der Waals surface area contributed by atoms with Gasteiger partial charge in [-0.25, -0.2) is 0 Å². The second-order valence-corrected chi connectivity index (χ2v) is 6.09. The van der Waals surface area contributed by atoms with Crippen molar-refractivity contribution in [2.24, 2.45) is 0 Å². The van der Waals surface area contributed by atoms with E-state index in [2.05, 4.69) is 6.92 Å². The Labute approximate surface area is 152 Å². The molecular formula is C18H36CdO2. The minimum Gasteiger partial charge on any atom is -0.481 e. The van der Waals surface area contributed by atoms with Crippen LogP contribution in [0.25, 0.3) is 0 Å². The Hall–Kier alpha value is 0.392. The van der Waals surface area contributed by atoms with Crippen LogP contribution in [0.4, 0.5) is 0 Å². The first kappa shape index (κ1) is 23.7. The van der Waals surface area contributed by atoms with E-state index in [1.165, 1.54) is 83.5 Å². The molecule has 0 aromatic carbocycles. The van der Waals surface area contributed by atoms with Gasteiger partial charge in [-0.2, -0.15) is 0 Å². The molecule has 21 heavy (non-hydrogen) atoms. The number of unbranched alkanes of at least 4 members (excludes halogenated alkanes) is 14. The molecule has 0 aliphatic heterocycles. The predicted octanol–water partition coefficient (Wildman–Crippen LogP) is 6.33.